The third-order valence-electron chi connectivity index (χ3n) is 3.18. The number of aryl methyl sites for hydroxylation is 4. The molecule has 0 saturated heterocycles. The Morgan fingerprint density at radius 1 is 1.18 bits per heavy atom. The summed E-state index contributed by atoms with van der Waals surface area (Å²) >= 11 is 0. The van der Waals surface area contributed by atoms with E-state index in [1.165, 1.54) is 22.3 Å². The molecule has 1 rings (SSSR count). The van der Waals surface area contributed by atoms with Crippen LogP contribution in [-0.4, -0.2) is 18.0 Å². The number of rotatable bonds is 4. The fraction of sp³-hybridized carbons (Fsp3) is 0.500. The van der Waals surface area contributed by atoms with Crippen LogP contribution in [0, 0.1) is 20.8 Å². The Morgan fingerprint density at radius 3 is 2.35 bits per heavy atom. The van der Waals surface area contributed by atoms with E-state index in [1.807, 2.05) is 0 Å². The van der Waals surface area contributed by atoms with Gasteiger partial charge in [-0.05, 0) is 55.9 Å². The second-order valence-electron chi connectivity index (χ2n) is 4.72. The summed E-state index contributed by atoms with van der Waals surface area (Å²) in [5.74, 6) is 5.37. The molecule has 1 aromatic carbocycles. The smallest absolute Gasteiger partial charge is 0.236 e. The number of carbonyl (C=O) groups excluding carboxylic acids is 1. The zero-order valence-electron chi connectivity index (χ0n) is 11.2. The molecule has 0 spiro atoms. The molecule has 0 aliphatic rings. The summed E-state index contributed by atoms with van der Waals surface area (Å²) in [7, 11) is 1.59. The second-order valence-corrected chi connectivity index (χ2v) is 4.72. The zero-order chi connectivity index (χ0) is 13.0. The molecule has 0 radical (unpaired) electrons. The molecule has 0 aromatic heterocycles. The lowest BCUT2D eigenvalue weighted by Crippen LogP contribution is -2.32. The summed E-state index contributed by atoms with van der Waals surface area (Å²) in [5, 5.41) is 1.16. The summed E-state index contributed by atoms with van der Waals surface area (Å²) in [6.45, 7) is 6.37. The van der Waals surface area contributed by atoms with Gasteiger partial charge >= 0.3 is 0 Å². The van der Waals surface area contributed by atoms with Gasteiger partial charge in [0.25, 0.3) is 0 Å². The number of amides is 1. The van der Waals surface area contributed by atoms with Crippen LogP contribution in [0.5, 0.6) is 0 Å². The van der Waals surface area contributed by atoms with Crippen molar-refractivity contribution in [1.82, 2.24) is 5.01 Å². The molecule has 0 heterocycles. The maximum absolute atomic E-state index is 11.3. The van der Waals surface area contributed by atoms with Gasteiger partial charge in [-0.15, -0.1) is 0 Å². The van der Waals surface area contributed by atoms with Crippen molar-refractivity contribution >= 4 is 5.91 Å². The first-order valence-corrected chi connectivity index (χ1v) is 5.99. The second kappa shape index (κ2) is 5.82. The Bertz CT molecular complexity index is 411. The molecule has 0 bridgehead atoms. The Balaban J connectivity index is 2.58. The predicted molar refractivity (Wildman–Crippen MR) is 70.5 cm³/mol. The summed E-state index contributed by atoms with van der Waals surface area (Å²) in [4.78, 5) is 11.3. The van der Waals surface area contributed by atoms with E-state index < -0.39 is 0 Å². The SMILES string of the molecule is Cc1cc(C)c(CCCC(=O)N(C)N)cc1C. The molecule has 1 aromatic rings. The van der Waals surface area contributed by atoms with Crippen LogP contribution in [0.2, 0.25) is 0 Å². The van der Waals surface area contributed by atoms with Crippen molar-refractivity contribution in [3.8, 4) is 0 Å². The Kier molecular flexibility index (Phi) is 4.70. The molecule has 3 heteroatoms. The van der Waals surface area contributed by atoms with Crippen molar-refractivity contribution in [2.45, 2.75) is 40.0 Å². The van der Waals surface area contributed by atoms with Crippen molar-refractivity contribution in [3.63, 3.8) is 0 Å². The number of carbonyl (C=O) groups is 1. The van der Waals surface area contributed by atoms with E-state index in [9.17, 15) is 4.79 Å². The van der Waals surface area contributed by atoms with Gasteiger partial charge in [0.05, 0.1) is 0 Å². The lowest BCUT2D eigenvalue weighted by atomic mass is 9.97. The topological polar surface area (TPSA) is 46.3 Å². The van der Waals surface area contributed by atoms with E-state index in [2.05, 4.69) is 32.9 Å². The van der Waals surface area contributed by atoms with Gasteiger partial charge < -0.3 is 0 Å². The van der Waals surface area contributed by atoms with Crippen molar-refractivity contribution in [3.05, 3.63) is 34.4 Å². The molecule has 0 fully saturated rings. The summed E-state index contributed by atoms with van der Waals surface area (Å²) < 4.78 is 0. The van der Waals surface area contributed by atoms with Gasteiger partial charge in [0, 0.05) is 13.5 Å². The fourth-order valence-electron chi connectivity index (χ4n) is 1.90. The van der Waals surface area contributed by atoms with Crippen LogP contribution in [0.1, 0.15) is 35.1 Å². The largest absolute Gasteiger partial charge is 0.284 e. The van der Waals surface area contributed by atoms with Crippen LogP contribution in [0.25, 0.3) is 0 Å². The van der Waals surface area contributed by atoms with Gasteiger partial charge in [-0.25, -0.2) is 5.84 Å². The normalized spacial score (nSPS) is 10.4. The third-order valence-corrected chi connectivity index (χ3v) is 3.18. The van der Waals surface area contributed by atoms with E-state index in [0.717, 1.165) is 17.9 Å². The number of hydrogen-bond donors (Lipinski definition) is 1. The number of nitrogens with two attached hydrogens (primary N) is 1. The monoisotopic (exact) mass is 234 g/mol. The number of hydrogen-bond acceptors (Lipinski definition) is 2. The average Bonchev–Trinajstić information content (AvgIpc) is 2.25. The van der Waals surface area contributed by atoms with Crippen molar-refractivity contribution < 1.29 is 4.79 Å². The first kappa shape index (κ1) is 13.7. The predicted octanol–water partition coefficient (Wildman–Crippen LogP) is 2.27. The molecular formula is C14H22N2O. The lowest BCUT2D eigenvalue weighted by molar-refractivity contribution is -0.130. The molecule has 3 nitrogen and oxygen atoms in total. The quantitative estimate of drug-likeness (QED) is 0.493. The van der Waals surface area contributed by atoms with Gasteiger partial charge in [0.1, 0.15) is 0 Å². The third kappa shape index (κ3) is 3.86. The highest BCUT2D eigenvalue weighted by molar-refractivity contribution is 5.75. The lowest BCUT2D eigenvalue weighted by Gasteiger charge is -2.11. The van der Waals surface area contributed by atoms with Crippen LogP contribution in [-0.2, 0) is 11.2 Å². The van der Waals surface area contributed by atoms with Gasteiger partial charge in [-0.3, -0.25) is 9.80 Å². The first-order valence-electron chi connectivity index (χ1n) is 5.99. The molecule has 0 saturated carbocycles. The van der Waals surface area contributed by atoms with Crippen LogP contribution >= 0.6 is 0 Å². The van der Waals surface area contributed by atoms with E-state index in [-0.39, 0.29) is 5.91 Å². The molecule has 17 heavy (non-hydrogen) atoms. The Labute approximate surface area is 104 Å². The Morgan fingerprint density at radius 2 is 1.76 bits per heavy atom. The van der Waals surface area contributed by atoms with Crippen molar-refractivity contribution in [1.29, 1.82) is 0 Å². The van der Waals surface area contributed by atoms with E-state index in [0.29, 0.717) is 6.42 Å². The summed E-state index contributed by atoms with van der Waals surface area (Å²) in [6, 6.07) is 4.43. The standard InChI is InChI=1S/C14H22N2O/c1-10-8-12(3)13(9-11(10)2)6-5-7-14(17)16(4)15/h8-9H,5-7,15H2,1-4H3. The van der Waals surface area contributed by atoms with Crippen molar-refractivity contribution in [2.75, 3.05) is 7.05 Å². The van der Waals surface area contributed by atoms with Crippen LogP contribution in [0.3, 0.4) is 0 Å². The molecule has 1 amide bonds. The van der Waals surface area contributed by atoms with Crippen LogP contribution in [0.15, 0.2) is 12.1 Å². The summed E-state index contributed by atoms with van der Waals surface area (Å²) in [5.41, 5.74) is 5.28. The number of hydrazine groups is 1. The molecule has 94 valence electrons. The van der Waals surface area contributed by atoms with Gasteiger partial charge in [-0.1, -0.05) is 12.1 Å². The highest BCUT2D eigenvalue weighted by Gasteiger charge is 2.06. The van der Waals surface area contributed by atoms with E-state index in [1.54, 1.807) is 7.05 Å². The van der Waals surface area contributed by atoms with Crippen LogP contribution < -0.4 is 5.84 Å². The fourth-order valence-corrected chi connectivity index (χ4v) is 1.90. The average molecular weight is 234 g/mol. The zero-order valence-corrected chi connectivity index (χ0v) is 11.2. The molecule has 0 atom stereocenters. The molecule has 0 aliphatic heterocycles. The molecule has 2 N–H and O–H groups in total. The Hall–Kier alpha value is -1.35. The molecule has 0 unspecified atom stereocenters. The number of benzene rings is 1. The van der Waals surface area contributed by atoms with E-state index in [4.69, 9.17) is 5.84 Å². The van der Waals surface area contributed by atoms with Gasteiger partial charge in [0.2, 0.25) is 5.91 Å². The van der Waals surface area contributed by atoms with Crippen LogP contribution in [0.4, 0.5) is 0 Å². The minimum atomic E-state index is -0.00788. The highest BCUT2D eigenvalue weighted by Crippen LogP contribution is 2.17. The minimum absolute atomic E-state index is 0.00788. The molecule has 0 aliphatic carbocycles. The number of nitrogens with zero attached hydrogens (tertiary/aromatic N) is 1. The van der Waals surface area contributed by atoms with E-state index >= 15 is 0 Å². The maximum atomic E-state index is 11.3. The first-order chi connectivity index (χ1) is 7.91. The minimum Gasteiger partial charge on any atom is -0.284 e. The van der Waals surface area contributed by atoms with Gasteiger partial charge in [0.15, 0.2) is 0 Å². The maximum Gasteiger partial charge on any atom is 0.236 e. The molecular weight excluding hydrogens is 212 g/mol. The van der Waals surface area contributed by atoms with Gasteiger partial charge in [-0.2, -0.15) is 0 Å². The van der Waals surface area contributed by atoms with Crippen molar-refractivity contribution in [2.24, 2.45) is 5.84 Å². The highest BCUT2D eigenvalue weighted by atomic mass is 16.2. The summed E-state index contributed by atoms with van der Waals surface area (Å²) in [6.07, 6.45) is 2.30.